The summed E-state index contributed by atoms with van der Waals surface area (Å²) in [7, 11) is 3.20. The van der Waals surface area contributed by atoms with Crippen molar-refractivity contribution in [1.29, 1.82) is 0 Å². The first-order valence-electron chi connectivity index (χ1n) is 8.43. The number of carbonyl (C=O) groups excluding carboxylic acids is 1. The van der Waals surface area contributed by atoms with E-state index in [1.807, 2.05) is 35.7 Å². The Morgan fingerprint density at radius 2 is 2.07 bits per heavy atom. The minimum Gasteiger partial charge on any atom is -0.493 e. The number of ether oxygens (including phenoxy) is 2. The second-order valence-corrected chi connectivity index (χ2v) is 6.79. The molecule has 142 valence electrons. The van der Waals surface area contributed by atoms with E-state index in [0.29, 0.717) is 41.0 Å². The van der Waals surface area contributed by atoms with Gasteiger partial charge in [0.15, 0.2) is 29.3 Å². The second-order valence-electron chi connectivity index (χ2n) is 5.85. The fourth-order valence-corrected chi connectivity index (χ4v) is 3.43. The van der Waals surface area contributed by atoms with Gasteiger partial charge in [-0.05, 0) is 29.1 Å². The van der Waals surface area contributed by atoms with Crippen molar-refractivity contribution in [3.8, 4) is 22.2 Å². The van der Waals surface area contributed by atoms with E-state index in [0.717, 1.165) is 16.7 Å². The van der Waals surface area contributed by atoms with Crippen LogP contribution in [0.15, 0.2) is 41.9 Å². The SMILES string of the molecule is COc1ccc(CNc2ncc(C=O)c3nc(-c4cccs4)nn23)cc1OC. The Balaban J connectivity index is 1.66. The van der Waals surface area contributed by atoms with Crippen molar-refractivity contribution < 1.29 is 14.3 Å². The molecule has 1 aromatic carbocycles. The number of aromatic nitrogens is 4. The number of methoxy groups -OCH3 is 2. The van der Waals surface area contributed by atoms with Gasteiger partial charge in [-0.1, -0.05) is 12.1 Å². The van der Waals surface area contributed by atoms with Crippen LogP contribution in [0.4, 0.5) is 5.95 Å². The second kappa shape index (κ2) is 7.65. The Morgan fingerprint density at radius 3 is 2.79 bits per heavy atom. The molecule has 3 heterocycles. The van der Waals surface area contributed by atoms with Crippen molar-refractivity contribution in [3.05, 3.63) is 53.0 Å². The van der Waals surface area contributed by atoms with Gasteiger partial charge >= 0.3 is 0 Å². The number of hydrogen-bond donors (Lipinski definition) is 1. The zero-order valence-electron chi connectivity index (χ0n) is 15.2. The number of benzene rings is 1. The number of thiophene rings is 1. The fraction of sp³-hybridized carbons (Fsp3) is 0.158. The Hall–Kier alpha value is -3.46. The lowest BCUT2D eigenvalue weighted by molar-refractivity contribution is 0.112. The van der Waals surface area contributed by atoms with Gasteiger partial charge in [0.25, 0.3) is 0 Å². The number of aldehydes is 1. The van der Waals surface area contributed by atoms with E-state index in [1.54, 1.807) is 18.7 Å². The van der Waals surface area contributed by atoms with E-state index in [1.165, 1.54) is 17.5 Å². The van der Waals surface area contributed by atoms with Crippen molar-refractivity contribution in [2.24, 2.45) is 0 Å². The highest BCUT2D eigenvalue weighted by atomic mass is 32.1. The molecule has 0 bridgehead atoms. The lowest BCUT2D eigenvalue weighted by atomic mass is 10.2. The highest BCUT2D eigenvalue weighted by molar-refractivity contribution is 7.13. The smallest absolute Gasteiger partial charge is 0.226 e. The molecule has 4 rings (SSSR count). The van der Waals surface area contributed by atoms with E-state index in [2.05, 4.69) is 20.4 Å². The van der Waals surface area contributed by atoms with Gasteiger partial charge in [0, 0.05) is 12.7 Å². The first-order chi connectivity index (χ1) is 13.7. The molecule has 1 N–H and O–H groups in total. The van der Waals surface area contributed by atoms with Crippen molar-refractivity contribution >= 4 is 29.2 Å². The average Bonchev–Trinajstić information content (AvgIpc) is 3.41. The molecule has 0 fully saturated rings. The summed E-state index contributed by atoms with van der Waals surface area (Å²) in [5, 5.41) is 9.72. The molecule has 0 radical (unpaired) electrons. The standard InChI is InChI=1S/C19H17N5O3S/c1-26-14-6-5-12(8-15(14)27-2)9-20-19-21-10-13(11-25)18-22-17(23-24(18)19)16-4-3-7-28-16/h3-8,10-11H,9H2,1-2H3,(H,20,21). The molecule has 3 aromatic heterocycles. The van der Waals surface area contributed by atoms with Crippen LogP contribution in [0.3, 0.4) is 0 Å². The van der Waals surface area contributed by atoms with E-state index in [-0.39, 0.29) is 0 Å². The van der Waals surface area contributed by atoms with E-state index < -0.39 is 0 Å². The normalized spacial score (nSPS) is 10.8. The highest BCUT2D eigenvalue weighted by Gasteiger charge is 2.15. The van der Waals surface area contributed by atoms with Gasteiger partial charge < -0.3 is 14.8 Å². The molecular formula is C19H17N5O3S. The molecule has 9 heteroatoms. The molecule has 0 saturated heterocycles. The van der Waals surface area contributed by atoms with Gasteiger partial charge in [0.05, 0.1) is 24.7 Å². The summed E-state index contributed by atoms with van der Waals surface area (Å²) < 4.78 is 12.2. The number of nitrogens with zero attached hydrogens (tertiary/aromatic N) is 4. The first kappa shape index (κ1) is 17.9. The first-order valence-corrected chi connectivity index (χ1v) is 9.31. The Labute approximate surface area is 164 Å². The molecule has 0 amide bonds. The lowest BCUT2D eigenvalue weighted by Gasteiger charge is -2.11. The van der Waals surface area contributed by atoms with Crippen LogP contribution in [0.1, 0.15) is 15.9 Å². The maximum absolute atomic E-state index is 11.4. The fourth-order valence-electron chi connectivity index (χ4n) is 2.78. The zero-order valence-corrected chi connectivity index (χ0v) is 16.1. The summed E-state index contributed by atoms with van der Waals surface area (Å²) in [6.45, 7) is 0.483. The molecule has 0 unspecified atom stereocenters. The highest BCUT2D eigenvalue weighted by Crippen LogP contribution is 2.28. The topological polar surface area (TPSA) is 90.6 Å². The Morgan fingerprint density at radius 1 is 1.21 bits per heavy atom. The Kier molecular flexibility index (Phi) is 4.90. The molecule has 0 saturated carbocycles. The summed E-state index contributed by atoms with van der Waals surface area (Å²) in [6, 6.07) is 9.54. The number of rotatable bonds is 7. The van der Waals surface area contributed by atoms with Crippen molar-refractivity contribution in [3.63, 3.8) is 0 Å². The van der Waals surface area contributed by atoms with Gasteiger partial charge in [0.1, 0.15) is 0 Å². The molecule has 0 aliphatic carbocycles. The summed E-state index contributed by atoms with van der Waals surface area (Å²) in [4.78, 5) is 21.1. The van der Waals surface area contributed by atoms with Crippen molar-refractivity contribution in [2.75, 3.05) is 19.5 Å². The third kappa shape index (κ3) is 3.27. The number of carbonyl (C=O) groups is 1. The molecule has 8 nitrogen and oxygen atoms in total. The van der Waals surface area contributed by atoms with E-state index in [9.17, 15) is 4.79 Å². The number of fused-ring (bicyclic) bond motifs is 1. The molecule has 0 aliphatic rings. The number of anilines is 1. The van der Waals surface area contributed by atoms with Gasteiger partial charge in [-0.25, -0.2) is 9.97 Å². The predicted molar refractivity (Wildman–Crippen MR) is 106 cm³/mol. The minimum absolute atomic E-state index is 0.381. The quantitative estimate of drug-likeness (QED) is 0.480. The third-order valence-electron chi connectivity index (χ3n) is 4.16. The van der Waals surface area contributed by atoms with Crippen molar-refractivity contribution in [2.45, 2.75) is 6.54 Å². The summed E-state index contributed by atoms with van der Waals surface area (Å²) in [6.07, 6.45) is 2.22. The van der Waals surface area contributed by atoms with Crippen LogP contribution in [0.2, 0.25) is 0 Å². The van der Waals surface area contributed by atoms with Crippen molar-refractivity contribution in [1.82, 2.24) is 19.6 Å². The zero-order chi connectivity index (χ0) is 19.5. The number of hydrogen-bond acceptors (Lipinski definition) is 8. The monoisotopic (exact) mass is 395 g/mol. The lowest BCUT2D eigenvalue weighted by Crippen LogP contribution is -2.09. The third-order valence-corrected chi connectivity index (χ3v) is 5.02. The minimum atomic E-state index is 0.381. The molecule has 4 aromatic rings. The van der Waals surface area contributed by atoms with Crippen LogP contribution in [0.5, 0.6) is 11.5 Å². The van der Waals surface area contributed by atoms with Crippen LogP contribution in [0, 0.1) is 0 Å². The molecule has 0 aliphatic heterocycles. The summed E-state index contributed by atoms with van der Waals surface area (Å²) >= 11 is 1.54. The van der Waals surface area contributed by atoms with E-state index >= 15 is 0 Å². The maximum atomic E-state index is 11.4. The van der Waals surface area contributed by atoms with Gasteiger partial charge in [-0.2, -0.15) is 4.52 Å². The van der Waals surface area contributed by atoms with Crippen LogP contribution in [-0.4, -0.2) is 40.1 Å². The molecule has 0 atom stereocenters. The molecule has 28 heavy (non-hydrogen) atoms. The largest absolute Gasteiger partial charge is 0.493 e. The van der Waals surface area contributed by atoms with Crippen LogP contribution < -0.4 is 14.8 Å². The van der Waals surface area contributed by atoms with Gasteiger partial charge in [-0.3, -0.25) is 4.79 Å². The van der Waals surface area contributed by atoms with E-state index in [4.69, 9.17) is 9.47 Å². The predicted octanol–water partition coefficient (Wildman–Crippen LogP) is 3.29. The number of nitrogens with one attached hydrogen (secondary N) is 1. The molecular weight excluding hydrogens is 378 g/mol. The van der Waals surface area contributed by atoms with Crippen LogP contribution in [-0.2, 0) is 6.54 Å². The Bertz CT molecular complexity index is 1120. The van der Waals surface area contributed by atoms with Gasteiger partial charge in [-0.15, -0.1) is 16.4 Å². The summed E-state index contributed by atoms with van der Waals surface area (Å²) in [5.74, 6) is 2.36. The average molecular weight is 395 g/mol. The maximum Gasteiger partial charge on any atom is 0.226 e. The van der Waals surface area contributed by atoms with Gasteiger partial charge in [0.2, 0.25) is 5.95 Å². The van der Waals surface area contributed by atoms with Crippen LogP contribution in [0.25, 0.3) is 16.3 Å². The molecule has 0 spiro atoms. The van der Waals surface area contributed by atoms with Crippen LogP contribution >= 0.6 is 11.3 Å². The summed E-state index contributed by atoms with van der Waals surface area (Å²) in [5.41, 5.74) is 1.82.